The van der Waals surface area contributed by atoms with Crippen molar-refractivity contribution in [2.24, 2.45) is 0 Å². The van der Waals surface area contributed by atoms with Crippen LogP contribution in [0.3, 0.4) is 0 Å². The number of hydrogen-bond donors (Lipinski definition) is 0. The highest BCUT2D eigenvalue weighted by molar-refractivity contribution is 6.63. The van der Waals surface area contributed by atoms with Crippen LogP contribution in [-0.2, 0) is 14.0 Å². The molecule has 0 atom stereocenters. The third-order valence-electron chi connectivity index (χ3n) is 4.18. The average Bonchev–Trinajstić information content (AvgIpc) is 2.67. The summed E-state index contributed by atoms with van der Waals surface area (Å²) in [6.45, 7) is 10.5. The van der Waals surface area contributed by atoms with E-state index in [2.05, 4.69) is 0 Å². The molecule has 1 aromatic carbocycles. The first kappa shape index (κ1) is 17.0. The Morgan fingerprint density at radius 2 is 1.82 bits per heavy atom. The molecule has 0 aromatic heterocycles. The largest absolute Gasteiger partial charge is 0.498 e. The van der Waals surface area contributed by atoms with E-state index in [0.29, 0.717) is 17.9 Å². The molecule has 1 fully saturated rings. The van der Waals surface area contributed by atoms with Crippen molar-refractivity contribution in [2.75, 3.05) is 13.4 Å². The van der Waals surface area contributed by atoms with E-state index in [0.717, 1.165) is 11.7 Å². The van der Waals surface area contributed by atoms with E-state index in [4.69, 9.17) is 18.8 Å². The maximum atomic E-state index is 11.0. The van der Waals surface area contributed by atoms with Gasteiger partial charge >= 0.3 is 7.12 Å². The Balaban J connectivity index is 2.28. The van der Waals surface area contributed by atoms with Crippen LogP contribution in [-0.4, -0.2) is 38.0 Å². The fourth-order valence-corrected chi connectivity index (χ4v) is 2.10. The van der Waals surface area contributed by atoms with Crippen LogP contribution in [0.1, 0.15) is 45.0 Å². The van der Waals surface area contributed by atoms with Gasteiger partial charge in [-0.25, -0.2) is 0 Å². The Bertz CT molecular complexity index is 525. The second-order valence-electron chi connectivity index (χ2n) is 6.26. The minimum Gasteiger partial charge on any atom is -0.468 e. The number of aldehydes is 1. The molecule has 0 saturated carbocycles. The molecule has 1 aliphatic heterocycles. The van der Waals surface area contributed by atoms with Crippen LogP contribution in [0.5, 0.6) is 5.75 Å². The SMILES string of the molecule is CCOCOc1cc(C=O)ccc1B1OC(C)(C)C(C)(C)O1. The Morgan fingerprint density at radius 3 is 2.36 bits per heavy atom. The lowest BCUT2D eigenvalue weighted by atomic mass is 9.78. The summed E-state index contributed by atoms with van der Waals surface area (Å²) in [7, 11) is -0.540. The molecule has 22 heavy (non-hydrogen) atoms. The van der Waals surface area contributed by atoms with E-state index in [-0.39, 0.29) is 6.79 Å². The predicted molar refractivity (Wildman–Crippen MR) is 84.7 cm³/mol. The van der Waals surface area contributed by atoms with Crippen molar-refractivity contribution in [3.63, 3.8) is 0 Å². The van der Waals surface area contributed by atoms with Crippen molar-refractivity contribution in [1.82, 2.24) is 0 Å². The van der Waals surface area contributed by atoms with Crippen LogP contribution in [0.4, 0.5) is 0 Å². The van der Waals surface area contributed by atoms with Crippen molar-refractivity contribution in [1.29, 1.82) is 0 Å². The molecule has 120 valence electrons. The maximum Gasteiger partial charge on any atom is 0.498 e. The first-order chi connectivity index (χ1) is 10.3. The topological polar surface area (TPSA) is 54.0 Å². The van der Waals surface area contributed by atoms with E-state index in [1.54, 1.807) is 18.2 Å². The molecule has 5 nitrogen and oxygen atoms in total. The van der Waals surface area contributed by atoms with E-state index in [9.17, 15) is 4.79 Å². The van der Waals surface area contributed by atoms with Crippen LogP contribution in [0, 0.1) is 0 Å². The van der Waals surface area contributed by atoms with E-state index >= 15 is 0 Å². The van der Waals surface area contributed by atoms with Crippen molar-refractivity contribution in [3.8, 4) is 5.75 Å². The molecule has 0 unspecified atom stereocenters. The smallest absolute Gasteiger partial charge is 0.468 e. The molecule has 0 bridgehead atoms. The minimum atomic E-state index is -0.540. The van der Waals surface area contributed by atoms with E-state index in [1.807, 2.05) is 34.6 Å². The summed E-state index contributed by atoms with van der Waals surface area (Å²) < 4.78 is 22.9. The molecular formula is C16H23BO5. The zero-order chi connectivity index (χ0) is 16.4. The highest BCUT2D eigenvalue weighted by Gasteiger charge is 2.52. The number of carbonyl (C=O) groups excluding carboxylic acids is 1. The molecule has 2 rings (SSSR count). The summed E-state index contributed by atoms with van der Waals surface area (Å²) in [4.78, 5) is 11.0. The predicted octanol–water partition coefficient (Wildman–Crippen LogP) is 2.17. The standard InChI is InChI=1S/C16H23BO5/c1-6-19-11-20-14-9-12(10-18)7-8-13(14)17-21-15(2,3)16(4,5)22-17/h7-10H,6,11H2,1-5H3. The van der Waals surface area contributed by atoms with Crippen LogP contribution < -0.4 is 10.2 Å². The lowest BCUT2D eigenvalue weighted by Gasteiger charge is -2.32. The fraction of sp³-hybridized carbons (Fsp3) is 0.562. The maximum absolute atomic E-state index is 11.0. The Labute approximate surface area is 132 Å². The van der Waals surface area contributed by atoms with Gasteiger partial charge < -0.3 is 18.8 Å². The Kier molecular flexibility index (Phi) is 4.95. The van der Waals surface area contributed by atoms with Gasteiger partial charge in [0.25, 0.3) is 0 Å². The molecule has 1 heterocycles. The van der Waals surface area contributed by atoms with Crippen molar-refractivity contribution in [3.05, 3.63) is 23.8 Å². The highest BCUT2D eigenvalue weighted by atomic mass is 16.7. The molecule has 0 radical (unpaired) electrons. The minimum absolute atomic E-state index is 0.116. The number of ether oxygens (including phenoxy) is 2. The number of carbonyl (C=O) groups is 1. The molecule has 0 N–H and O–H groups in total. The monoisotopic (exact) mass is 306 g/mol. The summed E-state index contributed by atoms with van der Waals surface area (Å²) in [5.74, 6) is 0.538. The third-order valence-corrected chi connectivity index (χ3v) is 4.18. The summed E-state index contributed by atoms with van der Waals surface area (Å²) >= 11 is 0. The zero-order valence-electron chi connectivity index (χ0n) is 13.8. The van der Waals surface area contributed by atoms with Gasteiger partial charge in [-0.1, -0.05) is 12.1 Å². The van der Waals surface area contributed by atoms with Gasteiger partial charge in [0.2, 0.25) is 0 Å². The van der Waals surface area contributed by atoms with E-state index < -0.39 is 18.3 Å². The average molecular weight is 306 g/mol. The van der Waals surface area contributed by atoms with Crippen LogP contribution in [0.25, 0.3) is 0 Å². The third kappa shape index (κ3) is 3.34. The highest BCUT2D eigenvalue weighted by Crippen LogP contribution is 2.37. The second-order valence-corrected chi connectivity index (χ2v) is 6.26. The molecule has 1 aromatic rings. The fourth-order valence-electron chi connectivity index (χ4n) is 2.10. The second kappa shape index (κ2) is 6.40. The summed E-state index contributed by atoms with van der Waals surface area (Å²) in [6.07, 6.45) is 0.779. The van der Waals surface area contributed by atoms with Crippen LogP contribution in [0.15, 0.2) is 18.2 Å². The molecule has 6 heteroatoms. The summed E-state index contributed by atoms with van der Waals surface area (Å²) in [6, 6.07) is 5.19. The zero-order valence-corrected chi connectivity index (χ0v) is 13.8. The normalized spacial score (nSPS) is 19.2. The molecule has 1 aliphatic rings. The first-order valence-electron chi connectivity index (χ1n) is 7.46. The van der Waals surface area contributed by atoms with Gasteiger partial charge in [0.1, 0.15) is 12.0 Å². The van der Waals surface area contributed by atoms with Gasteiger partial charge in [-0.2, -0.15) is 0 Å². The van der Waals surface area contributed by atoms with Gasteiger partial charge in [-0.3, -0.25) is 4.79 Å². The lowest BCUT2D eigenvalue weighted by molar-refractivity contribution is 0.00578. The van der Waals surface area contributed by atoms with Gasteiger partial charge in [0.05, 0.1) is 11.2 Å². The van der Waals surface area contributed by atoms with Gasteiger partial charge in [0.15, 0.2) is 6.79 Å². The Morgan fingerprint density at radius 1 is 1.18 bits per heavy atom. The molecular weight excluding hydrogens is 283 g/mol. The van der Waals surface area contributed by atoms with Gasteiger partial charge in [0, 0.05) is 17.6 Å². The first-order valence-corrected chi connectivity index (χ1v) is 7.46. The molecule has 1 saturated heterocycles. The van der Waals surface area contributed by atoms with Gasteiger partial charge in [-0.15, -0.1) is 0 Å². The number of hydrogen-bond acceptors (Lipinski definition) is 5. The van der Waals surface area contributed by atoms with Crippen molar-refractivity contribution in [2.45, 2.75) is 45.8 Å². The number of rotatable bonds is 6. The number of benzene rings is 1. The lowest BCUT2D eigenvalue weighted by Crippen LogP contribution is -2.41. The molecule has 0 aliphatic carbocycles. The van der Waals surface area contributed by atoms with E-state index in [1.165, 1.54) is 0 Å². The molecule has 0 spiro atoms. The quantitative estimate of drug-likeness (QED) is 0.349. The summed E-state index contributed by atoms with van der Waals surface area (Å²) in [5.41, 5.74) is 0.423. The van der Waals surface area contributed by atoms with Crippen molar-refractivity contribution < 1.29 is 23.6 Å². The van der Waals surface area contributed by atoms with Gasteiger partial charge in [-0.05, 0) is 40.7 Å². The molecule has 0 amide bonds. The Hall–Kier alpha value is -1.37. The summed E-state index contributed by atoms with van der Waals surface area (Å²) in [5, 5.41) is 0. The van der Waals surface area contributed by atoms with Crippen molar-refractivity contribution >= 4 is 18.9 Å². The van der Waals surface area contributed by atoms with Crippen LogP contribution >= 0.6 is 0 Å². The van der Waals surface area contributed by atoms with Crippen LogP contribution in [0.2, 0.25) is 0 Å².